The van der Waals surface area contributed by atoms with Crippen LogP contribution < -0.4 is 11.1 Å². The molecule has 0 unspecified atom stereocenters. The summed E-state index contributed by atoms with van der Waals surface area (Å²) < 4.78 is 5.40. The summed E-state index contributed by atoms with van der Waals surface area (Å²) in [4.78, 5) is 4.44. The van der Waals surface area contributed by atoms with Gasteiger partial charge in [0, 0.05) is 25.8 Å². The zero-order valence-corrected chi connectivity index (χ0v) is 10.2. The first-order valence-electron chi connectivity index (χ1n) is 6.38. The first-order chi connectivity index (χ1) is 7.74. The van der Waals surface area contributed by atoms with Crippen molar-refractivity contribution in [2.24, 2.45) is 16.1 Å². The van der Waals surface area contributed by atoms with E-state index in [1.54, 1.807) is 0 Å². The monoisotopic (exact) mass is 225 g/mol. The topological polar surface area (TPSA) is 59.6 Å². The number of nitrogens with two attached hydrogens (primary N) is 1. The molecule has 16 heavy (non-hydrogen) atoms. The van der Waals surface area contributed by atoms with Crippen LogP contribution in [-0.4, -0.2) is 31.8 Å². The van der Waals surface area contributed by atoms with Gasteiger partial charge in [-0.25, -0.2) is 0 Å². The highest BCUT2D eigenvalue weighted by atomic mass is 16.5. The average molecular weight is 225 g/mol. The molecule has 0 aromatic rings. The maximum absolute atomic E-state index is 5.81. The molecule has 0 heterocycles. The van der Waals surface area contributed by atoms with Gasteiger partial charge in [0.1, 0.15) is 0 Å². The molecule has 0 atom stereocenters. The van der Waals surface area contributed by atoms with Gasteiger partial charge in [0.15, 0.2) is 5.96 Å². The number of hydrogen-bond acceptors (Lipinski definition) is 2. The van der Waals surface area contributed by atoms with Crippen LogP contribution in [0.4, 0.5) is 0 Å². The van der Waals surface area contributed by atoms with Gasteiger partial charge in [-0.3, -0.25) is 4.99 Å². The van der Waals surface area contributed by atoms with E-state index in [1.165, 1.54) is 25.7 Å². The number of aliphatic imine (C=N–C) groups is 1. The molecule has 2 aliphatic rings. The molecule has 0 bridgehead atoms. The molecule has 2 saturated carbocycles. The fourth-order valence-corrected chi connectivity index (χ4v) is 1.83. The molecule has 2 fully saturated rings. The molecular formula is C12H23N3O. The van der Waals surface area contributed by atoms with E-state index in [0.29, 0.717) is 17.4 Å². The zero-order chi connectivity index (χ0) is 11.4. The van der Waals surface area contributed by atoms with Crippen LogP contribution in [0.25, 0.3) is 0 Å². The average Bonchev–Trinajstić information content (AvgIpc) is 3.13. The molecule has 4 heteroatoms. The van der Waals surface area contributed by atoms with Gasteiger partial charge in [-0.15, -0.1) is 0 Å². The van der Waals surface area contributed by atoms with E-state index in [4.69, 9.17) is 10.5 Å². The summed E-state index contributed by atoms with van der Waals surface area (Å²) in [6.45, 7) is 4.58. The van der Waals surface area contributed by atoms with Crippen LogP contribution in [0.3, 0.4) is 0 Å². The van der Waals surface area contributed by atoms with Crippen molar-refractivity contribution in [3.63, 3.8) is 0 Å². The Labute approximate surface area is 97.6 Å². The molecular weight excluding hydrogens is 202 g/mol. The highest BCUT2D eigenvalue weighted by molar-refractivity contribution is 5.78. The van der Waals surface area contributed by atoms with Crippen LogP contribution in [0.5, 0.6) is 0 Å². The van der Waals surface area contributed by atoms with Crippen LogP contribution in [0, 0.1) is 5.41 Å². The first kappa shape index (κ1) is 11.7. The Kier molecular flexibility index (Phi) is 3.69. The fraction of sp³-hybridized carbons (Fsp3) is 0.917. The lowest BCUT2D eigenvalue weighted by molar-refractivity contribution is 0.129. The highest BCUT2D eigenvalue weighted by Gasteiger charge is 2.41. The van der Waals surface area contributed by atoms with E-state index < -0.39 is 0 Å². The number of nitrogens with zero attached hydrogens (tertiary/aromatic N) is 1. The van der Waals surface area contributed by atoms with E-state index in [9.17, 15) is 0 Å². The quantitative estimate of drug-likeness (QED) is 0.389. The molecule has 0 aliphatic heterocycles. The van der Waals surface area contributed by atoms with Gasteiger partial charge in [0.25, 0.3) is 0 Å². The second kappa shape index (κ2) is 5.04. The van der Waals surface area contributed by atoms with Crippen LogP contribution >= 0.6 is 0 Å². The maximum Gasteiger partial charge on any atom is 0.188 e. The minimum atomic E-state index is 0.408. The van der Waals surface area contributed by atoms with Crippen LogP contribution in [0.2, 0.25) is 0 Å². The van der Waals surface area contributed by atoms with Crippen molar-refractivity contribution < 1.29 is 4.74 Å². The van der Waals surface area contributed by atoms with Crippen molar-refractivity contribution in [1.82, 2.24) is 5.32 Å². The van der Waals surface area contributed by atoms with Gasteiger partial charge in [-0.1, -0.05) is 0 Å². The number of rotatable bonds is 7. The van der Waals surface area contributed by atoms with Crippen molar-refractivity contribution in [3.05, 3.63) is 0 Å². The van der Waals surface area contributed by atoms with Gasteiger partial charge >= 0.3 is 0 Å². The summed E-state index contributed by atoms with van der Waals surface area (Å²) >= 11 is 0. The van der Waals surface area contributed by atoms with Gasteiger partial charge < -0.3 is 15.8 Å². The van der Waals surface area contributed by atoms with E-state index in [2.05, 4.69) is 10.3 Å². The highest BCUT2D eigenvalue weighted by Crippen LogP contribution is 2.48. The lowest BCUT2D eigenvalue weighted by Crippen LogP contribution is -2.34. The first-order valence-corrected chi connectivity index (χ1v) is 6.38. The zero-order valence-electron chi connectivity index (χ0n) is 10.2. The Bertz CT molecular complexity index is 257. The molecule has 0 radical (unpaired) electrons. The third-order valence-electron chi connectivity index (χ3n) is 3.45. The Morgan fingerprint density at radius 1 is 1.50 bits per heavy atom. The Morgan fingerprint density at radius 3 is 2.81 bits per heavy atom. The van der Waals surface area contributed by atoms with Crippen molar-refractivity contribution in [2.45, 2.75) is 45.1 Å². The minimum Gasteiger partial charge on any atom is -0.382 e. The van der Waals surface area contributed by atoms with E-state index >= 15 is 0 Å². The predicted molar refractivity (Wildman–Crippen MR) is 65.4 cm³/mol. The summed E-state index contributed by atoms with van der Waals surface area (Å²) in [5, 5.41) is 3.22. The Morgan fingerprint density at radius 2 is 2.25 bits per heavy atom. The van der Waals surface area contributed by atoms with Gasteiger partial charge in [-0.05, 0) is 44.4 Å². The number of hydrogen-bond donors (Lipinski definition) is 2. The second-order valence-corrected chi connectivity index (χ2v) is 5.07. The van der Waals surface area contributed by atoms with Crippen LogP contribution in [-0.2, 0) is 4.74 Å². The van der Waals surface area contributed by atoms with Crippen LogP contribution in [0.15, 0.2) is 4.99 Å². The van der Waals surface area contributed by atoms with Crippen molar-refractivity contribution >= 4 is 5.96 Å². The fourth-order valence-electron chi connectivity index (χ4n) is 1.83. The molecule has 2 rings (SSSR count). The minimum absolute atomic E-state index is 0.408. The molecule has 3 N–H and O–H groups in total. The van der Waals surface area contributed by atoms with E-state index in [0.717, 1.165) is 26.2 Å². The Hall–Kier alpha value is -0.770. The summed E-state index contributed by atoms with van der Waals surface area (Å²) in [5.74, 6) is 0.630. The SMILES string of the molecule is CCOCCC1(CN=C(N)NC2CC2)CC1. The summed E-state index contributed by atoms with van der Waals surface area (Å²) in [6, 6.07) is 0.599. The molecule has 4 nitrogen and oxygen atoms in total. The van der Waals surface area contributed by atoms with Crippen molar-refractivity contribution in [3.8, 4) is 0 Å². The number of nitrogens with one attached hydrogen (secondary N) is 1. The van der Waals surface area contributed by atoms with Crippen LogP contribution in [0.1, 0.15) is 39.0 Å². The van der Waals surface area contributed by atoms with Crippen molar-refractivity contribution in [1.29, 1.82) is 0 Å². The third-order valence-corrected chi connectivity index (χ3v) is 3.45. The number of ether oxygens (including phenoxy) is 1. The smallest absolute Gasteiger partial charge is 0.188 e. The maximum atomic E-state index is 5.81. The molecule has 0 aromatic carbocycles. The van der Waals surface area contributed by atoms with Gasteiger partial charge in [0.2, 0.25) is 0 Å². The predicted octanol–water partition coefficient (Wildman–Crippen LogP) is 1.26. The lowest BCUT2D eigenvalue weighted by Gasteiger charge is -2.12. The normalized spacial score (nSPS) is 23.2. The molecule has 0 spiro atoms. The molecule has 0 amide bonds. The third kappa shape index (κ3) is 3.67. The molecule has 92 valence electrons. The summed E-state index contributed by atoms with van der Waals surface area (Å²) in [7, 11) is 0. The summed E-state index contributed by atoms with van der Waals surface area (Å²) in [6.07, 6.45) is 6.17. The molecule has 0 saturated heterocycles. The molecule has 0 aromatic heterocycles. The Balaban J connectivity index is 1.66. The molecule has 2 aliphatic carbocycles. The van der Waals surface area contributed by atoms with Crippen molar-refractivity contribution in [2.75, 3.05) is 19.8 Å². The lowest BCUT2D eigenvalue weighted by atomic mass is 10.0. The number of guanidine groups is 1. The van der Waals surface area contributed by atoms with E-state index in [1.807, 2.05) is 6.92 Å². The largest absolute Gasteiger partial charge is 0.382 e. The second-order valence-electron chi connectivity index (χ2n) is 5.07. The standard InChI is InChI=1S/C12H23N3O/c1-2-16-8-7-12(5-6-12)9-14-11(13)15-10-3-4-10/h10H,2-9H2,1H3,(H3,13,14,15). The van der Waals surface area contributed by atoms with Gasteiger partial charge in [0.05, 0.1) is 0 Å². The summed E-state index contributed by atoms with van der Waals surface area (Å²) in [5.41, 5.74) is 6.22. The van der Waals surface area contributed by atoms with E-state index in [-0.39, 0.29) is 0 Å². The van der Waals surface area contributed by atoms with Gasteiger partial charge in [-0.2, -0.15) is 0 Å².